The highest BCUT2D eigenvalue weighted by Gasteiger charge is 2.16. The summed E-state index contributed by atoms with van der Waals surface area (Å²) in [5, 5.41) is 3.76. The molecule has 4 aromatic rings. The number of amides is 2. The highest BCUT2D eigenvalue weighted by atomic mass is 16.5. The van der Waals surface area contributed by atoms with Gasteiger partial charge in [-0.1, -0.05) is 48.5 Å². The molecule has 2 amide bonds. The minimum atomic E-state index is -0.604. The first-order chi connectivity index (χ1) is 15.5. The van der Waals surface area contributed by atoms with Crippen LogP contribution in [0.2, 0.25) is 0 Å². The number of hydrogen-bond donors (Lipinski definition) is 2. The largest absolute Gasteiger partial charge is 0.493 e. The molecule has 0 aliphatic rings. The minimum absolute atomic E-state index is 0.251. The van der Waals surface area contributed by atoms with Crippen molar-refractivity contribution in [1.29, 1.82) is 0 Å². The summed E-state index contributed by atoms with van der Waals surface area (Å²) in [6, 6.07) is 22.8. The number of hydrogen-bond acceptors (Lipinski definition) is 4. The Hall–Kier alpha value is -4.26. The van der Waals surface area contributed by atoms with Crippen LogP contribution in [0.15, 0.2) is 79.0 Å². The van der Waals surface area contributed by atoms with Gasteiger partial charge < -0.3 is 25.1 Å². The second-order valence-corrected chi connectivity index (χ2v) is 7.25. The monoisotopic (exact) mass is 429 g/mol. The van der Waals surface area contributed by atoms with E-state index in [-0.39, 0.29) is 12.5 Å². The van der Waals surface area contributed by atoms with E-state index in [9.17, 15) is 9.59 Å². The van der Waals surface area contributed by atoms with Crippen molar-refractivity contribution in [2.24, 2.45) is 5.73 Å². The third-order valence-electron chi connectivity index (χ3n) is 5.02. The van der Waals surface area contributed by atoms with Crippen molar-refractivity contribution in [2.75, 3.05) is 19.0 Å². The molecule has 0 saturated heterocycles. The van der Waals surface area contributed by atoms with Crippen molar-refractivity contribution in [2.45, 2.75) is 6.54 Å². The molecule has 4 rings (SSSR count). The van der Waals surface area contributed by atoms with Gasteiger partial charge >= 0.3 is 0 Å². The standard InChI is InChI=1S/C25H23N3O4/c1-31-22-12-11-18(13-23(22)32-16-24(26)29)27-25(30)20-15-28(14-17-7-3-2-4-8-17)21-10-6-5-9-19(20)21/h2-13,15H,14,16H2,1H3,(H2,26,29)(H,27,30). The van der Waals surface area contributed by atoms with E-state index in [0.717, 1.165) is 16.5 Å². The number of methoxy groups -OCH3 is 1. The quantitative estimate of drug-likeness (QED) is 0.445. The van der Waals surface area contributed by atoms with Crippen molar-refractivity contribution in [3.63, 3.8) is 0 Å². The Balaban J connectivity index is 1.62. The fourth-order valence-electron chi connectivity index (χ4n) is 3.55. The third-order valence-corrected chi connectivity index (χ3v) is 5.02. The first-order valence-electron chi connectivity index (χ1n) is 10.1. The number of carbonyl (C=O) groups is 2. The van der Waals surface area contributed by atoms with E-state index in [1.165, 1.54) is 7.11 Å². The fraction of sp³-hybridized carbons (Fsp3) is 0.120. The molecule has 3 N–H and O–H groups in total. The number of nitrogens with two attached hydrogens (primary N) is 1. The molecule has 0 spiro atoms. The van der Waals surface area contributed by atoms with Crippen molar-refractivity contribution in [3.05, 3.63) is 90.1 Å². The molecule has 0 fully saturated rings. The Morgan fingerprint density at radius 1 is 0.969 bits per heavy atom. The zero-order valence-electron chi connectivity index (χ0n) is 17.6. The van der Waals surface area contributed by atoms with Crippen LogP contribution in [0.4, 0.5) is 5.69 Å². The smallest absolute Gasteiger partial charge is 0.257 e. The number of nitrogens with zero attached hydrogens (tertiary/aromatic N) is 1. The zero-order chi connectivity index (χ0) is 22.5. The van der Waals surface area contributed by atoms with E-state index in [4.69, 9.17) is 15.2 Å². The Morgan fingerprint density at radius 3 is 2.47 bits per heavy atom. The second-order valence-electron chi connectivity index (χ2n) is 7.25. The molecule has 0 saturated carbocycles. The summed E-state index contributed by atoms with van der Waals surface area (Å²) in [6.07, 6.45) is 1.86. The molecule has 0 radical (unpaired) electrons. The molecule has 0 aliphatic carbocycles. The van der Waals surface area contributed by atoms with Crippen LogP contribution in [-0.4, -0.2) is 30.1 Å². The van der Waals surface area contributed by atoms with Gasteiger partial charge in [0.15, 0.2) is 18.1 Å². The lowest BCUT2D eigenvalue weighted by Gasteiger charge is -2.12. The Morgan fingerprint density at radius 2 is 1.72 bits per heavy atom. The van der Waals surface area contributed by atoms with Gasteiger partial charge in [0.25, 0.3) is 11.8 Å². The number of aromatic nitrogens is 1. The summed E-state index contributed by atoms with van der Waals surface area (Å²) >= 11 is 0. The topological polar surface area (TPSA) is 95.6 Å². The lowest BCUT2D eigenvalue weighted by atomic mass is 10.1. The third kappa shape index (κ3) is 4.57. The van der Waals surface area contributed by atoms with Crippen molar-refractivity contribution in [1.82, 2.24) is 4.57 Å². The van der Waals surface area contributed by atoms with Gasteiger partial charge in [-0.05, 0) is 23.8 Å². The van der Waals surface area contributed by atoms with Crippen LogP contribution < -0.4 is 20.5 Å². The minimum Gasteiger partial charge on any atom is -0.493 e. The lowest BCUT2D eigenvalue weighted by molar-refractivity contribution is -0.119. The molecule has 0 bridgehead atoms. The van der Waals surface area contributed by atoms with Crippen LogP contribution in [0.1, 0.15) is 15.9 Å². The van der Waals surface area contributed by atoms with E-state index in [2.05, 4.69) is 22.0 Å². The number of para-hydroxylation sites is 1. The van der Waals surface area contributed by atoms with E-state index in [1.807, 2.05) is 48.7 Å². The van der Waals surface area contributed by atoms with E-state index >= 15 is 0 Å². The summed E-state index contributed by atoms with van der Waals surface area (Å²) < 4.78 is 12.7. The molecule has 1 aromatic heterocycles. The van der Waals surface area contributed by atoms with Gasteiger partial charge in [-0.25, -0.2) is 0 Å². The number of rotatable bonds is 8. The Labute approximate surface area is 185 Å². The summed E-state index contributed by atoms with van der Waals surface area (Å²) in [6.45, 7) is 0.364. The van der Waals surface area contributed by atoms with Gasteiger partial charge in [0.2, 0.25) is 0 Å². The molecular weight excluding hydrogens is 406 g/mol. The maximum Gasteiger partial charge on any atom is 0.257 e. The number of primary amides is 1. The SMILES string of the molecule is COc1ccc(NC(=O)c2cn(Cc3ccccc3)c3ccccc23)cc1OCC(N)=O. The summed E-state index contributed by atoms with van der Waals surface area (Å²) in [5.74, 6) is -0.105. The molecule has 3 aromatic carbocycles. The van der Waals surface area contributed by atoms with Crippen LogP contribution in [0, 0.1) is 0 Å². The first kappa shape index (κ1) is 21.0. The summed E-state index contributed by atoms with van der Waals surface area (Å²) in [5.41, 5.74) is 8.35. The Kier molecular flexibility index (Phi) is 6.07. The number of fused-ring (bicyclic) bond motifs is 1. The maximum atomic E-state index is 13.2. The van der Waals surface area contributed by atoms with Crippen molar-refractivity contribution in [3.8, 4) is 11.5 Å². The second kappa shape index (κ2) is 9.26. The molecule has 32 heavy (non-hydrogen) atoms. The molecule has 0 unspecified atom stereocenters. The predicted octanol–water partition coefficient (Wildman–Crippen LogP) is 3.81. The normalized spacial score (nSPS) is 10.7. The average molecular weight is 429 g/mol. The van der Waals surface area contributed by atoms with E-state index in [0.29, 0.717) is 29.3 Å². The number of ether oxygens (including phenoxy) is 2. The molecular formula is C25H23N3O4. The van der Waals surface area contributed by atoms with Crippen molar-refractivity contribution >= 4 is 28.4 Å². The summed E-state index contributed by atoms with van der Waals surface area (Å²) in [7, 11) is 1.49. The predicted molar refractivity (Wildman–Crippen MR) is 123 cm³/mol. The van der Waals surface area contributed by atoms with Crippen LogP contribution in [0.3, 0.4) is 0 Å². The molecule has 7 nitrogen and oxygen atoms in total. The average Bonchev–Trinajstić information content (AvgIpc) is 3.17. The van der Waals surface area contributed by atoms with Crippen molar-refractivity contribution < 1.29 is 19.1 Å². The molecule has 7 heteroatoms. The highest BCUT2D eigenvalue weighted by Crippen LogP contribution is 2.31. The van der Waals surface area contributed by atoms with Gasteiger partial charge in [-0.3, -0.25) is 9.59 Å². The molecule has 0 atom stereocenters. The fourth-order valence-corrected chi connectivity index (χ4v) is 3.55. The number of carbonyl (C=O) groups excluding carboxylic acids is 2. The molecule has 0 aliphatic heterocycles. The molecule has 162 valence electrons. The van der Waals surface area contributed by atoms with Gasteiger partial charge in [0.1, 0.15) is 0 Å². The maximum absolute atomic E-state index is 13.2. The number of benzene rings is 3. The molecule has 1 heterocycles. The summed E-state index contributed by atoms with van der Waals surface area (Å²) in [4.78, 5) is 24.2. The first-order valence-corrected chi connectivity index (χ1v) is 10.1. The Bertz CT molecular complexity index is 1260. The lowest BCUT2D eigenvalue weighted by Crippen LogP contribution is -2.20. The van der Waals surface area contributed by atoms with Crippen LogP contribution in [-0.2, 0) is 11.3 Å². The van der Waals surface area contributed by atoms with Crippen LogP contribution in [0.25, 0.3) is 10.9 Å². The van der Waals surface area contributed by atoms with Crippen LogP contribution in [0.5, 0.6) is 11.5 Å². The van der Waals surface area contributed by atoms with Gasteiger partial charge in [-0.15, -0.1) is 0 Å². The van der Waals surface area contributed by atoms with E-state index in [1.54, 1.807) is 18.2 Å². The van der Waals surface area contributed by atoms with Gasteiger partial charge in [0.05, 0.1) is 12.7 Å². The zero-order valence-corrected chi connectivity index (χ0v) is 17.6. The van der Waals surface area contributed by atoms with E-state index < -0.39 is 5.91 Å². The highest BCUT2D eigenvalue weighted by molar-refractivity contribution is 6.13. The van der Waals surface area contributed by atoms with Gasteiger partial charge in [-0.2, -0.15) is 0 Å². The number of nitrogens with one attached hydrogen (secondary N) is 1. The number of anilines is 1. The van der Waals surface area contributed by atoms with Gasteiger partial charge in [0, 0.05) is 35.4 Å². The van der Waals surface area contributed by atoms with Crippen LogP contribution >= 0.6 is 0 Å².